The van der Waals surface area contributed by atoms with Crippen LogP contribution in [0.4, 0.5) is 0 Å². The molecule has 0 aliphatic carbocycles. The molecule has 0 saturated carbocycles. The standard InChI is InChI=1S/C13H18N4OS/c14-12(19)10-3-4-11(16-9-10)13(18)15-5-8-17-6-1-2-7-17/h3-4,9H,1-2,5-8H2,(H2,14,19)(H,15,18). The quantitative estimate of drug-likeness (QED) is 0.769. The van der Waals surface area contributed by atoms with Gasteiger partial charge in [0.1, 0.15) is 10.7 Å². The van der Waals surface area contributed by atoms with Crippen LogP contribution in [0, 0.1) is 0 Å². The molecule has 1 aliphatic rings. The molecule has 1 amide bonds. The highest BCUT2D eigenvalue weighted by Crippen LogP contribution is 2.05. The second-order valence-corrected chi connectivity index (χ2v) is 5.04. The molecule has 0 bridgehead atoms. The zero-order valence-corrected chi connectivity index (χ0v) is 11.6. The van der Waals surface area contributed by atoms with Gasteiger partial charge >= 0.3 is 0 Å². The topological polar surface area (TPSA) is 71.2 Å². The molecule has 2 rings (SSSR count). The van der Waals surface area contributed by atoms with Crippen molar-refractivity contribution in [2.24, 2.45) is 5.73 Å². The van der Waals surface area contributed by atoms with E-state index in [-0.39, 0.29) is 10.9 Å². The van der Waals surface area contributed by atoms with Gasteiger partial charge in [-0.15, -0.1) is 0 Å². The smallest absolute Gasteiger partial charge is 0.269 e. The molecule has 19 heavy (non-hydrogen) atoms. The van der Waals surface area contributed by atoms with E-state index < -0.39 is 0 Å². The van der Waals surface area contributed by atoms with E-state index in [1.165, 1.54) is 19.0 Å². The summed E-state index contributed by atoms with van der Waals surface area (Å²) in [6.45, 7) is 3.82. The molecule has 0 atom stereocenters. The largest absolute Gasteiger partial charge is 0.389 e. The third-order valence-corrected chi connectivity index (χ3v) is 3.43. The van der Waals surface area contributed by atoms with E-state index in [9.17, 15) is 4.79 Å². The third-order valence-electron chi connectivity index (χ3n) is 3.19. The summed E-state index contributed by atoms with van der Waals surface area (Å²) in [6.07, 6.45) is 4.05. The molecule has 2 heterocycles. The molecule has 1 fully saturated rings. The van der Waals surface area contributed by atoms with Crippen molar-refractivity contribution in [3.63, 3.8) is 0 Å². The molecule has 1 aromatic rings. The highest BCUT2D eigenvalue weighted by Gasteiger charge is 2.12. The Morgan fingerprint density at radius 2 is 2.16 bits per heavy atom. The zero-order valence-electron chi connectivity index (χ0n) is 10.8. The van der Waals surface area contributed by atoms with Gasteiger partial charge in [0, 0.05) is 24.8 Å². The van der Waals surface area contributed by atoms with Gasteiger partial charge in [0.25, 0.3) is 5.91 Å². The lowest BCUT2D eigenvalue weighted by atomic mass is 10.2. The number of nitrogens with one attached hydrogen (secondary N) is 1. The zero-order chi connectivity index (χ0) is 13.7. The SMILES string of the molecule is NC(=S)c1ccc(C(=O)NCCN2CCCC2)nc1. The molecule has 1 aliphatic heterocycles. The molecule has 102 valence electrons. The second kappa shape index (κ2) is 6.58. The second-order valence-electron chi connectivity index (χ2n) is 4.60. The van der Waals surface area contributed by atoms with Crippen LogP contribution >= 0.6 is 12.2 Å². The van der Waals surface area contributed by atoms with Crippen LogP contribution in [0.3, 0.4) is 0 Å². The first-order valence-electron chi connectivity index (χ1n) is 6.43. The van der Waals surface area contributed by atoms with E-state index in [0.717, 1.165) is 19.6 Å². The van der Waals surface area contributed by atoms with Crippen LogP contribution in [-0.2, 0) is 0 Å². The Bertz CT molecular complexity index is 454. The summed E-state index contributed by atoms with van der Waals surface area (Å²) in [7, 11) is 0. The fourth-order valence-electron chi connectivity index (χ4n) is 2.10. The molecule has 1 aromatic heterocycles. The number of carbonyl (C=O) groups excluding carboxylic acids is 1. The Balaban J connectivity index is 1.80. The average molecular weight is 278 g/mol. The van der Waals surface area contributed by atoms with Crippen molar-refractivity contribution in [1.29, 1.82) is 0 Å². The number of nitrogens with zero attached hydrogens (tertiary/aromatic N) is 2. The molecular formula is C13H18N4OS. The maximum absolute atomic E-state index is 11.8. The molecule has 0 spiro atoms. The third kappa shape index (κ3) is 3.97. The van der Waals surface area contributed by atoms with Gasteiger partial charge in [0.05, 0.1) is 0 Å². The lowest BCUT2D eigenvalue weighted by Crippen LogP contribution is -2.33. The van der Waals surface area contributed by atoms with Gasteiger partial charge in [-0.3, -0.25) is 9.78 Å². The van der Waals surface area contributed by atoms with Gasteiger partial charge in [0.15, 0.2) is 0 Å². The molecule has 6 heteroatoms. The van der Waals surface area contributed by atoms with Gasteiger partial charge in [-0.1, -0.05) is 12.2 Å². The van der Waals surface area contributed by atoms with Crippen molar-refractivity contribution < 1.29 is 4.79 Å². The molecule has 0 radical (unpaired) electrons. The van der Waals surface area contributed by atoms with Crippen LogP contribution in [0.5, 0.6) is 0 Å². The number of pyridine rings is 1. The lowest BCUT2D eigenvalue weighted by molar-refractivity contribution is 0.0945. The first kappa shape index (κ1) is 13.9. The van der Waals surface area contributed by atoms with Crippen LogP contribution in [0.2, 0.25) is 0 Å². The van der Waals surface area contributed by atoms with Crippen LogP contribution < -0.4 is 11.1 Å². The van der Waals surface area contributed by atoms with Crippen molar-refractivity contribution in [2.75, 3.05) is 26.2 Å². The van der Waals surface area contributed by atoms with Crippen molar-refractivity contribution in [2.45, 2.75) is 12.8 Å². The fourth-order valence-corrected chi connectivity index (χ4v) is 2.22. The van der Waals surface area contributed by atoms with Crippen LogP contribution in [0.25, 0.3) is 0 Å². The highest BCUT2D eigenvalue weighted by molar-refractivity contribution is 7.80. The molecule has 3 N–H and O–H groups in total. The Labute approximate surface area is 118 Å². The van der Waals surface area contributed by atoms with Gasteiger partial charge < -0.3 is 16.0 Å². The summed E-state index contributed by atoms with van der Waals surface area (Å²) < 4.78 is 0. The minimum absolute atomic E-state index is 0.159. The monoisotopic (exact) mass is 278 g/mol. The van der Waals surface area contributed by atoms with E-state index in [2.05, 4.69) is 15.2 Å². The van der Waals surface area contributed by atoms with E-state index in [0.29, 0.717) is 17.8 Å². The molecule has 0 unspecified atom stereocenters. The van der Waals surface area contributed by atoms with Gasteiger partial charge in [-0.05, 0) is 38.1 Å². The van der Waals surface area contributed by atoms with Crippen LogP contribution in [0.15, 0.2) is 18.3 Å². The first-order chi connectivity index (χ1) is 9.16. The number of rotatable bonds is 5. The van der Waals surface area contributed by atoms with Crippen molar-refractivity contribution in [1.82, 2.24) is 15.2 Å². The first-order valence-corrected chi connectivity index (χ1v) is 6.84. The Hall–Kier alpha value is -1.53. The maximum Gasteiger partial charge on any atom is 0.269 e. The van der Waals surface area contributed by atoms with Crippen LogP contribution in [0.1, 0.15) is 28.9 Å². The van der Waals surface area contributed by atoms with Crippen molar-refractivity contribution in [3.8, 4) is 0 Å². The Kier molecular flexibility index (Phi) is 4.81. The van der Waals surface area contributed by atoms with E-state index in [4.69, 9.17) is 18.0 Å². The lowest BCUT2D eigenvalue weighted by Gasteiger charge is -2.14. The van der Waals surface area contributed by atoms with Crippen molar-refractivity contribution in [3.05, 3.63) is 29.6 Å². The minimum atomic E-state index is -0.159. The summed E-state index contributed by atoms with van der Waals surface area (Å²) in [5, 5.41) is 2.87. The predicted octanol–water partition coefficient (Wildman–Crippen LogP) is 0.541. The molecule has 1 saturated heterocycles. The normalized spacial score (nSPS) is 15.4. The van der Waals surface area contributed by atoms with E-state index >= 15 is 0 Å². The van der Waals surface area contributed by atoms with Gasteiger partial charge in [0.2, 0.25) is 0 Å². The number of hydrogen-bond acceptors (Lipinski definition) is 4. The van der Waals surface area contributed by atoms with E-state index in [1.54, 1.807) is 12.1 Å². The molecule has 0 aromatic carbocycles. The number of nitrogens with two attached hydrogens (primary N) is 1. The maximum atomic E-state index is 11.8. The van der Waals surface area contributed by atoms with Gasteiger partial charge in [-0.25, -0.2) is 0 Å². The summed E-state index contributed by atoms with van der Waals surface area (Å²) >= 11 is 4.83. The van der Waals surface area contributed by atoms with E-state index in [1.807, 2.05) is 0 Å². The Morgan fingerprint density at radius 1 is 1.42 bits per heavy atom. The van der Waals surface area contributed by atoms with Crippen molar-refractivity contribution >= 4 is 23.1 Å². The van der Waals surface area contributed by atoms with Crippen LogP contribution in [-0.4, -0.2) is 47.0 Å². The molecule has 5 nitrogen and oxygen atoms in total. The summed E-state index contributed by atoms with van der Waals surface area (Å²) in [5.74, 6) is -0.159. The molecular weight excluding hydrogens is 260 g/mol. The highest BCUT2D eigenvalue weighted by atomic mass is 32.1. The number of hydrogen-bond donors (Lipinski definition) is 2. The number of likely N-dealkylation sites (tertiary alicyclic amines) is 1. The number of aromatic nitrogens is 1. The Morgan fingerprint density at radius 3 is 2.74 bits per heavy atom. The number of amides is 1. The van der Waals surface area contributed by atoms with Gasteiger partial charge in [-0.2, -0.15) is 0 Å². The minimum Gasteiger partial charge on any atom is -0.389 e. The average Bonchev–Trinajstić information content (AvgIpc) is 2.92. The summed E-state index contributed by atoms with van der Waals surface area (Å²) in [5.41, 5.74) is 6.54. The summed E-state index contributed by atoms with van der Waals surface area (Å²) in [6, 6.07) is 3.35. The fraction of sp³-hybridized carbons (Fsp3) is 0.462. The summed E-state index contributed by atoms with van der Waals surface area (Å²) in [4.78, 5) is 18.5. The number of thiocarbonyl (C=S) groups is 1. The number of carbonyl (C=O) groups is 1. The predicted molar refractivity (Wildman–Crippen MR) is 78.1 cm³/mol.